The van der Waals surface area contributed by atoms with Crippen LogP contribution in [-0.2, 0) is 19.6 Å². The topological polar surface area (TPSA) is 115 Å². The van der Waals surface area contributed by atoms with Gasteiger partial charge in [-0.25, -0.2) is 13.1 Å². The summed E-state index contributed by atoms with van der Waals surface area (Å²) in [5.41, 5.74) is 0. The second kappa shape index (κ2) is 13.1. The Morgan fingerprint density at radius 3 is 2.48 bits per heavy atom. The van der Waals surface area contributed by atoms with Crippen molar-refractivity contribution in [3.05, 3.63) is 0 Å². The number of rotatable bonds is 9. The molecule has 1 amide bonds. The number of piperazine rings is 1. The minimum absolute atomic E-state index is 0. The molecule has 180 valence electrons. The molecule has 3 aliphatic rings. The SMILES string of the molecule is CN=C(NCCS(=O)(=O)NCC1CCCCO1)N1CCN(CC(=O)NC2CC2)CC1.I. The van der Waals surface area contributed by atoms with E-state index in [1.54, 1.807) is 7.05 Å². The summed E-state index contributed by atoms with van der Waals surface area (Å²) in [6.07, 6.45) is 5.22. The standard InChI is InChI=1S/C19H36N6O4S.HI/c1-20-19(21-7-13-30(27,28)22-14-17-4-2-3-12-29-17)25-10-8-24(9-11-25)15-18(26)23-16-5-6-16;/h16-17,22H,2-15H2,1H3,(H,20,21)(H,23,26);1H. The molecule has 2 heterocycles. The van der Waals surface area contributed by atoms with Crippen molar-refractivity contribution in [2.24, 2.45) is 4.99 Å². The summed E-state index contributed by atoms with van der Waals surface area (Å²) in [6, 6.07) is 0.391. The molecule has 1 atom stereocenters. The fourth-order valence-corrected chi connectivity index (χ4v) is 4.67. The van der Waals surface area contributed by atoms with Crippen molar-refractivity contribution in [2.45, 2.75) is 44.2 Å². The molecule has 3 fully saturated rings. The predicted molar refractivity (Wildman–Crippen MR) is 131 cm³/mol. The van der Waals surface area contributed by atoms with Crippen molar-refractivity contribution in [1.29, 1.82) is 0 Å². The molecule has 12 heteroatoms. The van der Waals surface area contributed by atoms with Crippen LogP contribution < -0.4 is 15.4 Å². The smallest absolute Gasteiger partial charge is 0.234 e. The molecule has 0 bridgehead atoms. The Balaban J connectivity index is 0.00000341. The highest BCUT2D eigenvalue weighted by atomic mass is 127. The van der Waals surface area contributed by atoms with Gasteiger partial charge in [-0.1, -0.05) is 0 Å². The third-order valence-corrected chi connectivity index (χ3v) is 7.00. The van der Waals surface area contributed by atoms with Crippen LogP contribution in [0.2, 0.25) is 0 Å². The molecule has 3 rings (SSSR count). The van der Waals surface area contributed by atoms with Crippen molar-refractivity contribution in [2.75, 3.05) is 65.2 Å². The lowest BCUT2D eigenvalue weighted by Crippen LogP contribution is -2.54. The molecule has 0 spiro atoms. The van der Waals surface area contributed by atoms with Gasteiger partial charge in [-0.05, 0) is 32.1 Å². The van der Waals surface area contributed by atoms with Gasteiger partial charge in [0.2, 0.25) is 15.9 Å². The summed E-state index contributed by atoms with van der Waals surface area (Å²) in [4.78, 5) is 20.5. The minimum Gasteiger partial charge on any atom is -0.377 e. The number of hydrogen-bond donors (Lipinski definition) is 3. The average molecular weight is 573 g/mol. The summed E-state index contributed by atoms with van der Waals surface area (Å²) < 4.78 is 32.7. The maximum absolute atomic E-state index is 12.2. The molecule has 1 unspecified atom stereocenters. The van der Waals surface area contributed by atoms with Crippen molar-refractivity contribution < 1.29 is 17.9 Å². The van der Waals surface area contributed by atoms with E-state index in [2.05, 4.69) is 30.1 Å². The average Bonchev–Trinajstić information content (AvgIpc) is 3.55. The third-order valence-electron chi connectivity index (χ3n) is 5.65. The number of carbonyl (C=O) groups is 1. The summed E-state index contributed by atoms with van der Waals surface area (Å²) in [6.45, 7) is 4.83. The maximum Gasteiger partial charge on any atom is 0.234 e. The van der Waals surface area contributed by atoms with Gasteiger partial charge in [0.15, 0.2) is 5.96 Å². The van der Waals surface area contributed by atoms with Gasteiger partial charge in [0.25, 0.3) is 0 Å². The Morgan fingerprint density at radius 1 is 1.13 bits per heavy atom. The molecule has 0 radical (unpaired) electrons. The normalized spacial score (nSPS) is 23.2. The summed E-state index contributed by atoms with van der Waals surface area (Å²) in [5.74, 6) is 0.785. The van der Waals surface area contributed by atoms with Gasteiger partial charge in [-0.3, -0.25) is 14.7 Å². The Hall–Kier alpha value is -0.700. The number of amides is 1. The molecule has 0 aromatic heterocycles. The number of carbonyl (C=O) groups excluding carboxylic acids is 1. The molecular formula is C19H37IN6O4S. The summed E-state index contributed by atoms with van der Waals surface area (Å²) >= 11 is 0. The van der Waals surface area contributed by atoms with E-state index >= 15 is 0 Å². The van der Waals surface area contributed by atoms with Gasteiger partial charge in [-0.2, -0.15) is 0 Å². The van der Waals surface area contributed by atoms with Gasteiger partial charge < -0.3 is 20.3 Å². The molecule has 2 aliphatic heterocycles. The number of sulfonamides is 1. The van der Waals surface area contributed by atoms with Crippen LogP contribution in [0.5, 0.6) is 0 Å². The molecule has 31 heavy (non-hydrogen) atoms. The van der Waals surface area contributed by atoms with E-state index in [1.807, 2.05) is 0 Å². The van der Waals surface area contributed by atoms with E-state index in [-0.39, 0.29) is 48.3 Å². The van der Waals surface area contributed by atoms with Crippen LogP contribution in [0.1, 0.15) is 32.1 Å². The molecule has 0 aromatic rings. The van der Waals surface area contributed by atoms with Crippen LogP contribution in [0.25, 0.3) is 0 Å². The monoisotopic (exact) mass is 572 g/mol. The van der Waals surface area contributed by atoms with E-state index < -0.39 is 10.0 Å². The van der Waals surface area contributed by atoms with Crippen molar-refractivity contribution in [1.82, 2.24) is 25.2 Å². The van der Waals surface area contributed by atoms with E-state index in [9.17, 15) is 13.2 Å². The van der Waals surface area contributed by atoms with Crippen LogP contribution in [0.3, 0.4) is 0 Å². The third kappa shape index (κ3) is 9.76. The molecule has 1 aliphatic carbocycles. The van der Waals surface area contributed by atoms with E-state index in [0.29, 0.717) is 31.7 Å². The van der Waals surface area contributed by atoms with Crippen molar-refractivity contribution in [3.8, 4) is 0 Å². The molecule has 10 nitrogen and oxygen atoms in total. The lowest BCUT2D eigenvalue weighted by atomic mass is 10.1. The summed E-state index contributed by atoms with van der Waals surface area (Å²) in [7, 11) is -1.66. The second-order valence-corrected chi connectivity index (χ2v) is 10.2. The number of hydrogen-bond acceptors (Lipinski definition) is 6. The number of ether oxygens (including phenoxy) is 1. The molecular weight excluding hydrogens is 535 g/mol. The molecule has 2 saturated heterocycles. The number of nitrogens with one attached hydrogen (secondary N) is 3. The minimum atomic E-state index is -3.36. The first kappa shape index (κ1) is 26.6. The van der Waals surface area contributed by atoms with Crippen LogP contribution >= 0.6 is 24.0 Å². The quantitative estimate of drug-likeness (QED) is 0.195. The van der Waals surface area contributed by atoms with E-state index in [1.165, 1.54) is 0 Å². The first-order chi connectivity index (χ1) is 14.4. The summed E-state index contributed by atoms with van der Waals surface area (Å²) in [5, 5.41) is 6.17. The lowest BCUT2D eigenvalue weighted by Gasteiger charge is -2.36. The highest BCUT2D eigenvalue weighted by Crippen LogP contribution is 2.18. The van der Waals surface area contributed by atoms with Gasteiger partial charge in [0, 0.05) is 59.0 Å². The highest BCUT2D eigenvalue weighted by molar-refractivity contribution is 14.0. The number of nitrogens with zero attached hydrogens (tertiary/aromatic N) is 3. The zero-order valence-electron chi connectivity index (χ0n) is 18.3. The number of halogens is 1. The number of aliphatic imine (C=N–C) groups is 1. The first-order valence-corrected chi connectivity index (χ1v) is 12.7. The maximum atomic E-state index is 12.2. The van der Waals surface area contributed by atoms with E-state index in [4.69, 9.17) is 4.74 Å². The van der Waals surface area contributed by atoms with Crippen LogP contribution in [0.15, 0.2) is 4.99 Å². The zero-order chi connectivity index (χ0) is 21.4. The first-order valence-electron chi connectivity index (χ1n) is 11.0. The van der Waals surface area contributed by atoms with Gasteiger partial charge in [-0.15, -0.1) is 24.0 Å². The molecule has 1 saturated carbocycles. The van der Waals surface area contributed by atoms with Crippen LogP contribution in [0.4, 0.5) is 0 Å². The Kier molecular flexibility index (Phi) is 11.2. The predicted octanol–water partition coefficient (Wildman–Crippen LogP) is -0.435. The lowest BCUT2D eigenvalue weighted by molar-refractivity contribution is -0.122. The van der Waals surface area contributed by atoms with Gasteiger partial charge in [0.05, 0.1) is 18.4 Å². The number of guanidine groups is 1. The van der Waals surface area contributed by atoms with Crippen molar-refractivity contribution >= 4 is 45.9 Å². The Morgan fingerprint density at radius 2 is 1.87 bits per heavy atom. The Bertz CT molecular complexity index is 690. The fourth-order valence-electron chi connectivity index (χ4n) is 3.71. The molecule has 3 N–H and O–H groups in total. The highest BCUT2D eigenvalue weighted by Gasteiger charge is 2.26. The molecule has 0 aromatic carbocycles. The Labute approximate surface area is 203 Å². The van der Waals surface area contributed by atoms with Crippen molar-refractivity contribution in [3.63, 3.8) is 0 Å². The second-order valence-electron chi connectivity index (χ2n) is 8.23. The van der Waals surface area contributed by atoms with Crippen LogP contribution in [-0.4, -0.2) is 107 Å². The largest absolute Gasteiger partial charge is 0.377 e. The van der Waals surface area contributed by atoms with Gasteiger partial charge >= 0.3 is 0 Å². The van der Waals surface area contributed by atoms with Gasteiger partial charge in [0.1, 0.15) is 0 Å². The fraction of sp³-hybridized carbons (Fsp3) is 0.895. The van der Waals surface area contributed by atoms with Crippen LogP contribution in [0, 0.1) is 0 Å². The zero-order valence-corrected chi connectivity index (χ0v) is 21.5. The van der Waals surface area contributed by atoms with E-state index in [0.717, 1.165) is 58.3 Å².